The van der Waals surface area contributed by atoms with Crippen LogP contribution in [0.1, 0.15) is 16.1 Å². The van der Waals surface area contributed by atoms with E-state index >= 15 is 0 Å². The third-order valence-corrected chi connectivity index (χ3v) is 4.04. The second-order valence-corrected chi connectivity index (χ2v) is 5.67. The van der Waals surface area contributed by atoms with Crippen LogP contribution in [0.25, 0.3) is 16.8 Å². The van der Waals surface area contributed by atoms with Crippen molar-refractivity contribution < 1.29 is 27.1 Å². The molecule has 0 aliphatic rings. The summed E-state index contributed by atoms with van der Waals surface area (Å²) in [6.45, 7) is 0. The van der Waals surface area contributed by atoms with Gasteiger partial charge in [-0.15, -0.1) is 0 Å². The van der Waals surface area contributed by atoms with Gasteiger partial charge in [0.05, 0.1) is 17.7 Å². The Labute approximate surface area is 149 Å². The maximum atomic E-state index is 14.6. The van der Waals surface area contributed by atoms with Crippen molar-refractivity contribution in [2.24, 2.45) is 5.73 Å². The van der Waals surface area contributed by atoms with Gasteiger partial charge in [0.25, 0.3) is 5.91 Å². The number of fused-ring (bicyclic) bond motifs is 1. The molecule has 3 aromatic rings. The van der Waals surface area contributed by atoms with Crippen molar-refractivity contribution in [2.45, 2.75) is 6.18 Å². The summed E-state index contributed by atoms with van der Waals surface area (Å²) in [7, 11) is 1.24. The minimum absolute atomic E-state index is 0.0467. The van der Waals surface area contributed by atoms with Crippen LogP contribution in [0.2, 0.25) is 5.02 Å². The summed E-state index contributed by atoms with van der Waals surface area (Å²) >= 11 is 6.02. The zero-order valence-electron chi connectivity index (χ0n) is 13.1. The molecular formula is C16H10ClF4N3O2. The Morgan fingerprint density at radius 2 is 2.00 bits per heavy atom. The summed E-state index contributed by atoms with van der Waals surface area (Å²) < 4.78 is 59.9. The van der Waals surface area contributed by atoms with Crippen molar-refractivity contribution in [1.29, 1.82) is 0 Å². The van der Waals surface area contributed by atoms with Crippen LogP contribution in [-0.2, 0) is 6.18 Å². The lowest BCUT2D eigenvalue weighted by Crippen LogP contribution is -2.14. The minimum Gasteiger partial charge on any atom is -0.496 e. The molecule has 0 atom stereocenters. The number of hydrogen-bond donors (Lipinski definition) is 1. The van der Waals surface area contributed by atoms with Crippen LogP contribution in [0.4, 0.5) is 17.6 Å². The molecule has 26 heavy (non-hydrogen) atoms. The van der Waals surface area contributed by atoms with Crippen molar-refractivity contribution >= 4 is 23.2 Å². The van der Waals surface area contributed by atoms with E-state index in [1.54, 1.807) is 0 Å². The molecule has 2 aromatic heterocycles. The van der Waals surface area contributed by atoms with Crippen LogP contribution < -0.4 is 10.5 Å². The van der Waals surface area contributed by atoms with E-state index in [0.717, 1.165) is 28.9 Å². The highest BCUT2D eigenvalue weighted by atomic mass is 35.5. The highest BCUT2D eigenvalue weighted by Gasteiger charge is 2.35. The number of methoxy groups -OCH3 is 1. The van der Waals surface area contributed by atoms with E-state index in [1.165, 1.54) is 7.11 Å². The van der Waals surface area contributed by atoms with E-state index in [4.69, 9.17) is 22.1 Å². The van der Waals surface area contributed by atoms with Gasteiger partial charge < -0.3 is 10.5 Å². The first-order valence-corrected chi connectivity index (χ1v) is 7.43. The molecule has 0 aliphatic carbocycles. The van der Waals surface area contributed by atoms with E-state index in [-0.39, 0.29) is 33.1 Å². The van der Waals surface area contributed by atoms with Crippen molar-refractivity contribution in [3.8, 4) is 16.9 Å². The molecular weight excluding hydrogens is 378 g/mol. The third kappa shape index (κ3) is 2.84. The number of nitrogens with two attached hydrogens (primary N) is 1. The lowest BCUT2D eigenvalue weighted by molar-refractivity contribution is -0.142. The topological polar surface area (TPSA) is 69.6 Å². The van der Waals surface area contributed by atoms with Gasteiger partial charge in [0.15, 0.2) is 0 Å². The van der Waals surface area contributed by atoms with Gasteiger partial charge in [0.1, 0.15) is 22.9 Å². The average molecular weight is 388 g/mol. The SMILES string of the molecule is COc1cc(-c2c(Cl)cc(C(F)(F)F)n3ccnc23)c(F)cc1C(N)=O. The summed E-state index contributed by atoms with van der Waals surface area (Å²) in [6, 6.07) is 2.65. The number of ether oxygens (including phenoxy) is 1. The molecule has 0 saturated carbocycles. The van der Waals surface area contributed by atoms with E-state index in [1.807, 2.05) is 0 Å². The fraction of sp³-hybridized carbons (Fsp3) is 0.125. The van der Waals surface area contributed by atoms with Gasteiger partial charge in [-0.05, 0) is 18.2 Å². The molecule has 0 aliphatic heterocycles. The summed E-state index contributed by atoms with van der Waals surface area (Å²) in [6.07, 6.45) is -2.46. The largest absolute Gasteiger partial charge is 0.496 e. The zero-order valence-corrected chi connectivity index (χ0v) is 13.8. The maximum Gasteiger partial charge on any atom is 0.431 e. The molecule has 0 spiro atoms. The summed E-state index contributed by atoms with van der Waals surface area (Å²) in [5, 5.41) is -0.358. The van der Waals surface area contributed by atoms with Gasteiger partial charge in [0, 0.05) is 23.5 Å². The number of amides is 1. The average Bonchev–Trinajstić information content (AvgIpc) is 3.02. The van der Waals surface area contributed by atoms with Gasteiger partial charge in [-0.3, -0.25) is 9.20 Å². The number of benzene rings is 1. The van der Waals surface area contributed by atoms with Crippen molar-refractivity contribution in [2.75, 3.05) is 7.11 Å². The quantitative estimate of drug-likeness (QED) is 0.692. The molecule has 3 rings (SSSR count). The monoisotopic (exact) mass is 387 g/mol. The predicted molar refractivity (Wildman–Crippen MR) is 85.7 cm³/mol. The number of halogens is 5. The molecule has 5 nitrogen and oxygen atoms in total. The molecule has 2 heterocycles. The molecule has 0 bridgehead atoms. The van der Waals surface area contributed by atoms with E-state index in [2.05, 4.69) is 4.98 Å². The van der Waals surface area contributed by atoms with Gasteiger partial charge in [0.2, 0.25) is 0 Å². The number of primary amides is 1. The van der Waals surface area contributed by atoms with Crippen LogP contribution in [0.15, 0.2) is 30.6 Å². The molecule has 1 amide bonds. The van der Waals surface area contributed by atoms with Gasteiger partial charge in [-0.25, -0.2) is 9.37 Å². The number of nitrogens with zero attached hydrogens (tertiary/aromatic N) is 2. The van der Waals surface area contributed by atoms with Crippen LogP contribution in [0.3, 0.4) is 0 Å². The van der Waals surface area contributed by atoms with E-state index in [0.29, 0.717) is 6.07 Å². The van der Waals surface area contributed by atoms with Crippen LogP contribution >= 0.6 is 11.6 Å². The van der Waals surface area contributed by atoms with Gasteiger partial charge in [-0.1, -0.05) is 11.6 Å². The smallest absolute Gasteiger partial charge is 0.431 e. The highest BCUT2D eigenvalue weighted by Crippen LogP contribution is 2.40. The highest BCUT2D eigenvalue weighted by molar-refractivity contribution is 6.34. The number of rotatable bonds is 3. The number of aromatic nitrogens is 2. The first kappa shape index (κ1) is 18.0. The zero-order chi connectivity index (χ0) is 19.2. The van der Waals surface area contributed by atoms with Crippen LogP contribution in [-0.4, -0.2) is 22.4 Å². The normalized spacial score (nSPS) is 11.8. The lowest BCUT2D eigenvalue weighted by atomic mass is 10.0. The predicted octanol–water partition coefficient (Wildman–Crippen LogP) is 3.92. The van der Waals surface area contributed by atoms with E-state index in [9.17, 15) is 22.4 Å². The fourth-order valence-corrected chi connectivity index (χ4v) is 2.91. The Kier molecular flexibility index (Phi) is 4.27. The molecule has 1 aromatic carbocycles. The number of pyridine rings is 1. The standard InChI is InChI=1S/C16H10ClF4N3O2/c1-26-11-5-7(10(18)4-8(11)14(22)25)13-9(17)6-12(16(19,20)21)24-3-2-23-15(13)24/h2-6H,1H3,(H2,22,25). The molecule has 2 N–H and O–H groups in total. The Bertz CT molecular complexity index is 1030. The van der Waals surface area contributed by atoms with Crippen LogP contribution in [0.5, 0.6) is 5.75 Å². The second-order valence-electron chi connectivity index (χ2n) is 5.27. The molecule has 0 saturated heterocycles. The molecule has 0 unspecified atom stereocenters. The number of imidazole rings is 1. The van der Waals surface area contributed by atoms with E-state index < -0.39 is 23.6 Å². The summed E-state index contributed by atoms with van der Waals surface area (Å²) in [5.41, 5.74) is 3.45. The van der Waals surface area contributed by atoms with Crippen molar-refractivity contribution in [1.82, 2.24) is 9.38 Å². The Hall–Kier alpha value is -2.81. The molecule has 10 heteroatoms. The fourth-order valence-electron chi connectivity index (χ4n) is 2.63. The van der Waals surface area contributed by atoms with Crippen molar-refractivity contribution in [3.05, 3.63) is 52.7 Å². The van der Waals surface area contributed by atoms with Crippen molar-refractivity contribution in [3.63, 3.8) is 0 Å². The Morgan fingerprint density at radius 3 is 2.58 bits per heavy atom. The minimum atomic E-state index is -4.69. The maximum absolute atomic E-state index is 14.6. The second kappa shape index (κ2) is 6.17. The number of hydrogen-bond acceptors (Lipinski definition) is 3. The number of alkyl halides is 3. The van der Waals surface area contributed by atoms with Gasteiger partial charge >= 0.3 is 6.18 Å². The molecule has 136 valence electrons. The third-order valence-electron chi connectivity index (χ3n) is 3.74. The van der Waals surface area contributed by atoms with Gasteiger partial charge in [-0.2, -0.15) is 13.2 Å². The first-order chi connectivity index (χ1) is 12.1. The summed E-state index contributed by atoms with van der Waals surface area (Å²) in [5.74, 6) is -1.88. The Morgan fingerprint density at radius 1 is 1.31 bits per heavy atom. The first-order valence-electron chi connectivity index (χ1n) is 7.05. The number of carbonyl (C=O) groups excluding carboxylic acids is 1. The molecule has 0 fully saturated rings. The lowest BCUT2D eigenvalue weighted by Gasteiger charge is -2.15. The number of carbonyl (C=O) groups is 1. The van der Waals surface area contributed by atoms with Crippen LogP contribution in [0, 0.1) is 5.82 Å². The molecule has 0 radical (unpaired) electrons. The summed E-state index contributed by atoms with van der Waals surface area (Å²) in [4.78, 5) is 15.2. The Balaban J connectivity index is 2.36.